The molecule has 0 saturated heterocycles. The zero-order valence-corrected chi connectivity index (χ0v) is 26.1. The summed E-state index contributed by atoms with van der Waals surface area (Å²) in [6.07, 6.45) is 1.13. The summed E-state index contributed by atoms with van der Waals surface area (Å²) >= 11 is 3.40. The third-order valence-electron chi connectivity index (χ3n) is 6.99. The highest BCUT2D eigenvalue weighted by molar-refractivity contribution is 9.10. The Balaban J connectivity index is 2.06. The SMILES string of the molecule is CC[C@@H](C)NC(=O)[C@@H](CC)N(Cc1ccccc1C)C(=O)CN(c1ccc(Br)cc1)S(=O)(=O)c1ccc(C)cc1. The van der Waals surface area contributed by atoms with Crippen LogP contribution in [0.2, 0.25) is 0 Å². The van der Waals surface area contributed by atoms with E-state index in [9.17, 15) is 18.0 Å². The average Bonchev–Trinajstić information content (AvgIpc) is 2.93. The molecule has 0 saturated carbocycles. The molecule has 2 amide bonds. The van der Waals surface area contributed by atoms with Crippen LogP contribution in [0.4, 0.5) is 5.69 Å². The number of amides is 2. The first-order valence-electron chi connectivity index (χ1n) is 13.5. The highest BCUT2D eigenvalue weighted by atomic mass is 79.9. The van der Waals surface area contributed by atoms with E-state index in [2.05, 4.69) is 21.2 Å². The average molecular weight is 629 g/mol. The van der Waals surface area contributed by atoms with Gasteiger partial charge in [0.1, 0.15) is 12.6 Å². The molecule has 40 heavy (non-hydrogen) atoms. The second-order valence-corrected chi connectivity index (χ2v) is 12.8. The van der Waals surface area contributed by atoms with Crippen molar-refractivity contribution in [1.82, 2.24) is 10.2 Å². The Labute approximate surface area is 246 Å². The Hall–Kier alpha value is -3.17. The van der Waals surface area contributed by atoms with E-state index >= 15 is 0 Å². The summed E-state index contributed by atoms with van der Waals surface area (Å²) in [5.74, 6) is -0.719. The van der Waals surface area contributed by atoms with Crippen LogP contribution >= 0.6 is 15.9 Å². The number of rotatable bonds is 12. The third kappa shape index (κ3) is 7.73. The molecule has 0 unspecified atom stereocenters. The Morgan fingerprint density at radius 3 is 2.10 bits per heavy atom. The fourth-order valence-electron chi connectivity index (χ4n) is 4.31. The van der Waals surface area contributed by atoms with Crippen molar-refractivity contribution in [2.24, 2.45) is 0 Å². The van der Waals surface area contributed by atoms with Gasteiger partial charge in [-0.3, -0.25) is 13.9 Å². The van der Waals surface area contributed by atoms with Crippen molar-refractivity contribution in [2.75, 3.05) is 10.8 Å². The standard InChI is InChI=1S/C31H38BrN3O4S/c1-6-24(5)33-31(37)29(7-2)34(20-25-11-9-8-10-23(25)4)30(36)21-35(27-16-14-26(32)15-17-27)40(38,39)28-18-12-22(3)13-19-28/h8-19,24,29H,6-7,20-21H2,1-5H3,(H,33,37)/t24-,29-/m1/s1. The van der Waals surface area contributed by atoms with Gasteiger partial charge in [0.05, 0.1) is 10.6 Å². The molecule has 0 heterocycles. The molecule has 0 radical (unpaired) electrons. The quantitative estimate of drug-likeness (QED) is 0.267. The van der Waals surface area contributed by atoms with Crippen molar-refractivity contribution >= 4 is 43.5 Å². The summed E-state index contributed by atoms with van der Waals surface area (Å²) in [5, 5.41) is 3.00. The van der Waals surface area contributed by atoms with Gasteiger partial charge in [-0.2, -0.15) is 0 Å². The van der Waals surface area contributed by atoms with Gasteiger partial charge in [0, 0.05) is 17.1 Å². The van der Waals surface area contributed by atoms with Crippen molar-refractivity contribution in [3.05, 3.63) is 94.0 Å². The molecule has 1 N–H and O–H groups in total. The van der Waals surface area contributed by atoms with E-state index < -0.39 is 28.5 Å². The Bertz CT molecular complexity index is 1410. The van der Waals surface area contributed by atoms with Crippen LogP contribution < -0.4 is 9.62 Å². The van der Waals surface area contributed by atoms with Gasteiger partial charge in [0.25, 0.3) is 10.0 Å². The first-order chi connectivity index (χ1) is 19.0. The number of nitrogens with one attached hydrogen (secondary N) is 1. The van der Waals surface area contributed by atoms with Crippen LogP contribution in [0.25, 0.3) is 0 Å². The van der Waals surface area contributed by atoms with E-state index in [1.165, 1.54) is 4.90 Å². The highest BCUT2D eigenvalue weighted by Gasteiger charge is 2.34. The number of carbonyl (C=O) groups is 2. The smallest absolute Gasteiger partial charge is 0.264 e. The van der Waals surface area contributed by atoms with Crippen LogP contribution in [0.15, 0.2) is 82.2 Å². The third-order valence-corrected chi connectivity index (χ3v) is 9.31. The fraction of sp³-hybridized carbons (Fsp3) is 0.355. The molecule has 0 aliphatic heterocycles. The van der Waals surface area contributed by atoms with Crippen molar-refractivity contribution in [1.29, 1.82) is 0 Å². The minimum atomic E-state index is -4.10. The van der Waals surface area contributed by atoms with Crippen LogP contribution in [0.1, 0.15) is 50.3 Å². The summed E-state index contributed by atoms with van der Waals surface area (Å²) < 4.78 is 29.7. The molecule has 0 aliphatic rings. The number of sulfonamides is 1. The molecule has 2 atom stereocenters. The summed E-state index contributed by atoms with van der Waals surface area (Å²) in [5.41, 5.74) is 3.15. The van der Waals surface area contributed by atoms with Crippen molar-refractivity contribution in [2.45, 2.75) is 71.0 Å². The second kappa shape index (κ2) is 13.9. The van der Waals surface area contributed by atoms with Gasteiger partial charge in [-0.05, 0) is 81.1 Å². The number of hydrogen-bond donors (Lipinski definition) is 1. The van der Waals surface area contributed by atoms with Crippen molar-refractivity contribution in [3.63, 3.8) is 0 Å². The lowest BCUT2D eigenvalue weighted by Crippen LogP contribution is -2.53. The van der Waals surface area contributed by atoms with Crippen molar-refractivity contribution in [3.8, 4) is 0 Å². The maximum atomic E-state index is 14.1. The Kier molecular flexibility index (Phi) is 10.9. The minimum Gasteiger partial charge on any atom is -0.352 e. The molecule has 9 heteroatoms. The van der Waals surface area contributed by atoms with Crippen LogP contribution in [0.3, 0.4) is 0 Å². The zero-order chi connectivity index (χ0) is 29.4. The lowest BCUT2D eigenvalue weighted by Gasteiger charge is -2.34. The first kappa shape index (κ1) is 31.4. The number of hydrogen-bond acceptors (Lipinski definition) is 4. The fourth-order valence-corrected chi connectivity index (χ4v) is 5.98. The largest absolute Gasteiger partial charge is 0.352 e. The predicted molar refractivity (Wildman–Crippen MR) is 164 cm³/mol. The molecule has 3 rings (SSSR count). The highest BCUT2D eigenvalue weighted by Crippen LogP contribution is 2.27. The first-order valence-corrected chi connectivity index (χ1v) is 15.7. The number of benzene rings is 3. The predicted octanol–water partition coefficient (Wildman–Crippen LogP) is 5.98. The lowest BCUT2D eigenvalue weighted by molar-refractivity contribution is -0.140. The van der Waals surface area contributed by atoms with Gasteiger partial charge in [0.15, 0.2) is 0 Å². The summed E-state index contributed by atoms with van der Waals surface area (Å²) in [7, 11) is -4.10. The van der Waals surface area contributed by atoms with E-state index in [1.54, 1.807) is 48.5 Å². The van der Waals surface area contributed by atoms with Crippen LogP contribution in [-0.4, -0.2) is 43.8 Å². The topological polar surface area (TPSA) is 86.8 Å². The number of anilines is 1. The molecule has 0 aromatic heterocycles. The van der Waals surface area contributed by atoms with E-state index in [-0.39, 0.29) is 23.4 Å². The van der Waals surface area contributed by atoms with Crippen molar-refractivity contribution < 1.29 is 18.0 Å². The molecule has 7 nitrogen and oxygen atoms in total. The summed E-state index contributed by atoms with van der Waals surface area (Å²) in [6.45, 7) is 9.30. The second-order valence-electron chi connectivity index (χ2n) is 9.99. The van der Waals surface area contributed by atoms with Gasteiger partial charge in [-0.1, -0.05) is 71.7 Å². The van der Waals surface area contributed by atoms with E-state index in [4.69, 9.17) is 0 Å². The normalized spacial score (nSPS) is 12.8. The molecule has 0 bridgehead atoms. The Morgan fingerprint density at radius 1 is 0.900 bits per heavy atom. The molecular weight excluding hydrogens is 590 g/mol. The van der Waals surface area contributed by atoms with Gasteiger partial charge in [-0.15, -0.1) is 0 Å². The summed E-state index contributed by atoms with van der Waals surface area (Å²) in [6, 6.07) is 20.2. The van der Waals surface area contributed by atoms with E-state index in [0.29, 0.717) is 12.1 Å². The molecule has 214 valence electrons. The Morgan fingerprint density at radius 2 is 1.52 bits per heavy atom. The van der Waals surface area contributed by atoms with Gasteiger partial charge in [-0.25, -0.2) is 8.42 Å². The van der Waals surface area contributed by atoms with E-state index in [0.717, 1.165) is 31.9 Å². The molecular formula is C31H38BrN3O4S. The number of nitrogens with zero attached hydrogens (tertiary/aromatic N) is 2. The van der Waals surface area contributed by atoms with Crippen LogP contribution in [0.5, 0.6) is 0 Å². The van der Waals surface area contributed by atoms with Crippen LogP contribution in [0, 0.1) is 13.8 Å². The maximum absolute atomic E-state index is 14.1. The molecule has 3 aromatic carbocycles. The van der Waals surface area contributed by atoms with E-state index in [1.807, 2.05) is 58.9 Å². The number of aryl methyl sites for hydroxylation is 2. The monoisotopic (exact) mass is 627 g/mol. The lowest BCUT2D eigenvalue weighted by atomic mass is 10.1. The zero-order valence-electron chi connectivity index (χ0n) is 23.7. The molecule has 0 fully saturated rings. The molecule has 3 aromatic rings. The van der Waals surface area contributed by atoms with Crippen LogP contribution in [-0.2, 0) is 26.2 Å². The van der Waals surface area contributed by atoms with Gasteiger partial charge < -0.3 is 10.2 Å². The number of halogens is 1. The van der Waals surface area contributed by atoms with Gasteiger partial charge >= 0.3 is 0 Å². The summed E-state index contributed by atoms with van der Waals surface area (Å²) in [4.78, 5) is 29.1. The minimum absolute atomic E-state index is 0.0573. The maximum Gasteiger partial charge on any atom is 0.264 e. The molecule has 0 spiro atoms. The van der Waals surface area contributed by atoms with Gasteiger partial charge in [0.2, 0.25) is 11.8 Å². The molecule has 0 aliphatic carbocycles. The number of carbonyl (C=O) groups excluding carboxylic acids is 2.